The molecule has 1 aliphatic heterocycles. The molecule has 1 N–H and O–H groups in total. The Morgan fingerprint density at radius 3 is 2.79 bits per heavy atom. The van der Waals surface area contributed by atoms with Gasteiger partial charge in [0, 0.05) is 26.2 Å². The normalized spacial score (nSPS) is 18.2. The van der Waals surface area contributed by atoms with Crippen LogP contribution >= 0.6 is 0 Å². The fourth-order valence-corrected chi connectivity index (χ4v) is 3.23. The minimum Gasteiger partial charge on any atom is -0.354 e. The molecule has 2 amide bonds. The zero-order valence-electron chi connectivity index (χ0n) is 15.0. The smallest absolute Gasteiger partial charge is 0.253 e. The van der Waals surface area contributed by atoms with Crippen molar-refractivity contribution in [2.75, 3.05) is 33.7 Å². The summed E-state index contributed by atoms with van der Waals surface area (Å²) in [5.74, 6) is 0.138. The zero-order chi connectivity index (χ0) is 17.5. The van der Waals surface area contributed by atoms with E-state index in [4.69, 9.17) is 0 Å². The summed E-state index contributed by atoms with van der Waals surface area (Å²) in [6, 6.07) is 7.65. The van der Waals surface area contributed by atoms with Gasteiger partial charge in [0.2, 0.25) is 5.91 Å². The molecule has 0 aromatic heterocycles. The molecule has 2 rings (SSSR count). The number of piperidine rings is 1. The lowest BCUT2D eigenvalue weighted by Gasteiger charge is -2.33. The predicted molar refractivity (Wildman–Crippen MR) is 96.1 cm³/mol. The maximum Gasteiger partial charge on any atom is 0.253 e. The number of rotatable bonds is 6. The van der Waals surface area contributed by atoms with Gasteiger partial charge in [-0.3, -0.25) is 14.5 Å². The minimum absolute atomic E-state index is 0.00155. The van der Waals surface area contributed by atoms with Crippen LogP contribution in [0, 0.1) is 0 Å². The van der Waals surface area contributed by atoms with E-state index in [1.807, 2.05) is 24.3 Å². The third-order valence-corrected chi connectivity index (χ3v) is 4.62. The highest BCUT2D eigenvalue weighted by Crippen LogP contribution is 2.16. The molecule has 0 radical (unpaired) electrons. The molecule has 1 aromatic carbocycles. The standard InChI is InChI=1S/C19H29N3O2/c1-4-22-13-6-5-10-17(22)18(23)20-12-11-15-8-7-9-16(14-15)19(24)21(2)3/h7-9,14,17H,4-6,10-13H2,1-3H3,(H,20,23)/t17-/m1/s1. The molecular formula is C19H29N3O2. The van der Waals surface area contributed by atoms with Crippen LogP contribution in [0.1, 0.15) is 42.1 Å². The van der Waals surface area contributed by atoms with Crippen LogP contribution in [0.3, 0.4) is 0 Å². The van der Waals surface area contributed by atoms with E-state index in [-0.39, 0.29) is 17.9 Å². The Balaban J connectivity index is 1.86. The third kappa shape index (κ3) is 4.81. The van der Waals surface area contributed by atoms with Crippen LogP contribution in [0.4, 0.5) is 0 Å². The number of benzene rings is 1. The number of carbonyl (C=O) groups excluding carboxylic acids is 2. The van der Waals surface area contributed by atoms with Crippen molar-refractivity contribution in [3.8, 4) is 0 Å². The fourth-order valence-electron chi connectivity index (χ4n) is 3.23. The molecule has 1 atom stereocenters. The Morgan fingerprint density at radius 2 is 2.08 bits per heavy atom. The second-order valence-electron chi connectivity index (χ2n) is 6.58. The first-order valence-corrected chi connectivity index (χ1v) is 8.85. The Hall–Kier alpha value is -1.88. The van der Waals surface area contributed by atoms with E-state index >= 15 is 0 Å². The molecule has 0 bridgehead atoms. The molecule has 0 saturated carbocycles. The van der Waals surface area contributed by atoms with Gasteiger partial charge in [0.15, 0.2) is 0 Å². The molecule has 132 valence electrons. The van der Waals surface area contributed by atoms with Crippen molar-refractivity contribution in [3.05, 3.63) is 35.4 Å². The van der Waals surface area contributed by atoms with Crippen LogP contribution in [0.5, 0.6) is 0 Å². The molecule has 1 saturated heterocycles. The van der Waals surface area contributed by atoms with Gasteiger partial charge in [-0.2, -0.15) is 0 Å². The molecule has 1 heterocycles. The quantitative estimate of drug-likeness (QED) is 0.866. The van der Waals surface area contributed by atoms with E-state index in [0.717, 1.165) is 37.9 Å². The van der Waals surface area contributed by atoms with E-state index in [1.165, 1.54) is 6.42 Å². The third-order valence-electron chi connectivity index (χ3n) is 4.62. The Labute approximate surface area is 145 Å². The first kappa shape index (κ1) is 18.5. The van der Waals surface area contributed by atoms with Gasteiger partial charge in [0.1, 0.15) is 0 Å². The number of nitrogens with zero attached hydrogens (tertiary/aromatic N) is 2. The van der Waals surface area contributed by atoms with E-state index in [2.05, 4.69) is 17.1 Å². The topological polar surface area (TPSA) is 52.7 Å². The zero-order valence-corrected chi connectivity index (χ0v) is 15.0. The van der Waals surface area contributed by atoms with Crippen molar-refractivity contribution in [1.82, 2.24) is 15.1 Å². The molecular weight excluding hydrogens is 302 g/mol. The second-order valence-corrected chi connectivity index (χ2v) is 6.58. The monoisotopic (exact) mass is 331 g/mol. The van der Waals surface area contributed by atoms with Gasteiger partial charge in [0.05, 0.1) is 6.04 Å². The first-order chi connectivity index (χ1) is 11.5. The van der Waals surface area contributed by atoms with Crippen molar-refractivity contribution in [2.45, 2.75) is 38.6 Å². The van der Waals surface area contributed by atoms with E-state index < -0.39 is 0 Å². The Bertz CT molecular complexity index is 571. The minimum atomic E-state index is 0.00155. The van der Waals surface area contributed by atoms with E-state index in [1.54, 1.807) is 19.0 Å². The summed E-state index contributed by atoms with van der Waals surface area (Å²) < 4.78 is 0. The second kappa shape index (κ2) is 8.83. The van der Waals surface area contributed by atoms with Crippen molar-refractivity contribution in [2.24, 2.45) is 0 Å². The summed E-state index contributed by atoms with van der Waals surface area (Å²) in [7, 11) is 3.50. The summed E-state index contributed by atoms with van der Waals surface area (Å²) in [6.45, 7) is 4.65. The van der Waals surface area contributed by atoms with Crippen LogP contribution < -0.4 is 5.32 Å². The average Bonchev–Trinajstić information content (AvgIpc) is 2.61. The largest absolute Gasteiger partial charge is 0.354 e. The highest BCUT2D eigenvalue weighted by Gasteiger charge is 2.26. The maximum atomic E-state index is 12.4. The van der Waals surface area contributed by atoms with Gasteiger partial charge in [-0.05, 0) is 50.0 Å². The molecule has 5 heteroatoms. The van der Waals surface area contributed by atoms with Crippen LogP contribution in [0.25, 0.3) is 0 Å². The van der Waals surface area contributed by atoms with Gasteiger partial charge in [-0.25, -0.2) is 0 Å². The van der Waals surface area contributed by atoms with E-state index in [0.29, 0.717) is 12.1 Å². The summed E-state index contributed by atoms with van der Waals surface area (Å²) in [4.78, 5) is 28.2. The molecule has 1 aliphatic rings. The highest BCUT2D eigenvalue weighted by molar-refractivity contribution is 5.94. The van der Waals surface area contributed by atoms with Crippen molar-refractivity contribution >= 4 is 11.8 Å². The number of likely N-dealkylation sites (N-methyl/N-ethyl adjacent to an activating group) is 1. The van der Waals surface area contributed by atoms with Crippen LogP contribution in [-0.4, -0.2) is 61.4 Å². The highest BCUT2D eigenvalue weighted by atomic mass is 16.2. The fraction of sp³-hybridized carbons (Fsp3) is 0.579. The Kier molecular flexibility index (Phi) is 6.79. The maximum absolute atomic E-state index is 12.4. The summed E-state index contributed by atoms with van der Waals surface area (Å²) >= 11 is 0. The van der Waals surface area contributed by atoms with Crippen molar-refractivity contribution in [3.63, 3.8) is 0 Å². The number of hydrogen-bond donors (Lipinski definition) is 1. The molecule has 1 fully saturated rings. The number of carbonyl (C=O) groups is 2. The van der Waals surface area contributed by atoms with Gasteiger partial charge in [-0.1, -0.05) is 25.5 Å². The van der Waals surface area contributed by atoms with Gasteiger partial charge in [-0.15, -0.1) is 0 Å². The van der Waals surface area contributed by atoms with Crippen molar-refractivity contribution < 1.29 is 9.59 Å². The SMILES string of the molecule is CCN1CCCC[C@@H]1C(=O)NCCc1cccc(C(=O)N(C)C)c1. The first-order valence-electron chi connectivity index (χ1n) is 8.85. The summed E-state index contributed by atoms with van der Waals surface area (Å²) in [5.41, 5.74) is 1.76. The molecule has 1 aromatic rings. The van der Waals surface area contributed by atoms with E-state index in [9.17, 15) is 9.59 Å². The summed E-state index contributed by atoms with van der Waals surface area (Å²) in [6.07, 6.45) is 4.00. The molecule has 0 spiro atoms. The van der Waals surface area contributed by atoms with Crippen LogP contribution in [0.2, 0.25) is 0 Å². The number of likely N-dealkylation sites (tertiary alicyclic amines) is 1. The van der Waals surface area contributed by atoms with Crippen molar-refractivity contribution in [1.29, 1.82) is 0 Å². The lowest BCUT2D eigenvalue weighted by Crippen LogP contribution is -2.49. The lowest BCUT2D eigenvalue weighted by molar-refractivity contribution is -0.127. The Morgan fingerprint density at radius 1 is 1.29 bits per heavy atom. The predicted octanol–water partition coefficient (Wildman–Crippen LogP) is 1.92. The molecule has 0 unspecified atom stereocenters. The number of amides is 2. The lowest BCUT2D eigenvalue weighted by atomic mass is 10.0. The van der Waals surface area contributed by atoms with Gasteiger partial charge < -0.3 is 10.2 Å². The average molecular weight is 331 g/mol. The van der Waals surface area contributed by atoms with Gasteiger partial charge >= 0.3 is 0 Å². The van der Waals surface area contributed by atoms with Gasteiger partial charge in [0.25, 0.3) is 5.91 Å². The number of hydrogen-bond acceptors (Lipinski definition) is 3. The molecule has 5 nitrogen and oxygen atoms in total. The molecule has 0 aliphatic carbocycles. The number of nitrogens with one attached hydrogen (secondary N) is 1. The van der Waals surface area contributed by atoms with Crippen LogP contribution in [-0.2, 0) is 11.2 Å². The van der Waals surface area contributed by atoms with Crippen LogP contribution in [0.15, 0.2) is 24.3 Å². The summed E-state index contributed by atoms with van der Waals surface area (Å²) in [5, 5.41) is 3.06. The molecule has 24 heavy (non-hydrogen) atoms.